The first-order valence-electron chi connectivity index (χ1n) is 8.04. The molecular formula is C16H30N2O. The molecule has 1 saturated carbocycles. The minimum absolute atomic E-state index is 0.0169. The third kappa shape index (κ3) is 3.71. The van der Waals surface area contributed by atoms with E-state index >= 15 is 0 Å². The Balaban J connectivity index is 1.95. The van der Waals surface area contributed by atoms with Crippen LogP contribution in [-0.4, -0.2) is 24.5 Å². The van der Waals surface area contributed by atoms with Gasteiger partial charge in [-0.1, -0.05) is 40.0 Å². The number of carbonyl (C=O) groups is 1. The molecule has 2 aliphatic rings. The fourth-order valence-electron chi connectivity index (χ4n) is 3.63. The maximum atomic E-state index is 12.6. The largest absolute Gasteiger partial charge is 0.352 e. The highest BCUT2D eigenvalue weighted by Gasteiger charge is 2.38. The minimum atomic E-state index is -0.0169. The first-order valence-corrected chi connectivity index (χ1v) is 8.04. The highest BCUT2D eigenvalue weighted by atomic mass is 16.2. The Labute approximate surface area is 117 Å². The summed E-state index contributed by atoms with van der Waals surface area (Å²) in [5.74, 6) is 0.849. The number of carbonyl (C=O) groups excluding carboxylic acids is 1. The minimum Gasteiger partial charge on any atom is -0.352 e. The second kappa shape index (κ2) is 6.25. The van der Waals surface area contributed by atoms with Crippen molar-refractivity contribution in [2.24, 2.45) is 11.3 Å². The predicted molar refractivity (Wildman–Crippen MR) is 79.0 cm³/mol. The third-order valence-corrected chi connectivity index (χ3v) is 5.08. The molecule has 0 aromatic rings. The molecule has 110 valence electrons. The summed E-state index contributed by atoms with van der Waals surface area (Å²) >= 11 is 0. The highest BCUT2D eigenvalue weighted by molar-refractivity contribution is 5.83. The second-order valence-corrected chi connectivity index (χ2v) is 7.21. The molecule has 19 heavy (non-hydrogen) atoms. The Morgan fingerprint density at radius 3 is 2.63 bits per heavy atom. The number of piperidine rings is 1. The van der Waals surface area contributed by atoms with Gasteiger partial charge in [0.25, 0.3) is 0 Å². The van der Waals surface area contributed by atoms with Crippen LogP contribution in [0.3, 0.4) is 0 Å². The predicted octanol–water partition coefficient (Wildman–Crippen LogP) is 2.85. The molecule has 2 N–H and O–H groups in total. The lowest BCUT2D eigenvalue weighted by Crippen LogP contribution is -2.57. The molecule has 1 saturated heterocycles. The lowest BCUT2D eigenvalue weighted by molar-refractivity contribution is -0.127. The van der Waals surface area contributed by atoms with Crippen molar-refractivity contribution in [1.29, 1.82) is 0 Å². The maximum absolute atomic E-state index is 12.6. The van der Waals surface area contributed by atoms with Gasteiger partial charge in [0, 0.05) is 6.04 Å². The van der Waals surface area contributed by atoms with Gasteiger partial charge in [-0.3, -0.25) is 4.79 Å². The van der Waals surface area contributed by atoms with Crippen LogP contribution < -0.4 is 10.6 Å². The molecule has 0 bridgehead atoms. The van der Waals surface area contributed by atoms with Gasteiger partial charge in [-0.05, 0) is 43.6 Å². The zero-order valence-corrected chi connectivity index (χ0v) is 12.8. The van der Waals surface area contributed by atoms with Crippen LogP contribution in [0.2, 0.25) is 0 Å². The smallest absolute Gasteiger partial charge is 0.237 e. The molecule has 0 aromatic carbocycles. The Bertz CT molecular complexity index is 314. The molecule has 1 aliphatic carbocycles. The molecule has 2 rings (SSSR count). The number of hydrogen-bond donors (Lipinski definition) is 2. The molecule has 3 unspecified atom stereocenters. The van der Waals surface area contributed by atoms with Crippen LogP contribution in [0, 0.1) is 11.3 Å². The van der Waals surface area contributed by atoms with Crippen molar-refractivity contribution in [2.75, 3.05) is 6.54 Å². The SMILES string of the molecule is CC1CCCCCC1NC(=O)C1NCCCC1(C)C. The van der Waals surface area contributed by atoms with Gasteiger partial charge < -0.3 is 10.6 Å². The summed E-state index contributed by atoms with van der Waals surface area (Å²) in [6, 6.07) is 0.367. The lowest BCUT2D eigenvalue weighted by Gasteiger charge is -2.39. The highest BCUT2D eigenvalue weighted by Crippen LogP contribution is 2.31. The van der Waals surface area contributed by atoms with E-state index in [1.165, 1.54) is 32.1 Å². The number of rotatable bonds is 2. The number of hydrogen-bond acceptors (Lipinski definition) is 2. The van der Waals surface area contributed by atoms with Gasteiger partial charge in [-0.15, -0.1) is 0 Å². The maximum Gasteiger partial charge on any atom is 0.237 e. The summed E-state index contributed by atoms with van der Waals surface area (Å²) in [5.41, 5.74) is 0.0797. The summed E-state index contributed by atoms with van der Waals surface area (Å²) in [4.78, 5) is 12.6. The van der Waals surface area contributed by atoms with Gasteiger partial charge in [-0.2, -0.15) is 0 Å². The molecule has 1 heterocycles. The van der Waals surface area contributed by atoms with E-state index in [9.17, 15) is 4.79 Å². The molecule has 3 atom stereocenters. The summed E-state index contributed by atoms with van der Waals surface area (Å²) in [5, 5.41) is 6.75. The van der Waals surface area contributed by atoms with Crippen LogP contribution in [0.4, 0.5) is 0 Å². The molecule has 0 spiro atoms. The quantitative estimate of drug-likeness (QED) is 0.755. The van der Waals surface area contributed by atoms with Crippen LogP contribution in [-0.2, 0) is 4.79 Å². The third-order valence-electron chi connectivity index (χ3n) is 5.08. The van der Waals surface area contributed by atoms with E-state index < -0.39 is 0 Å². The lowest BCUT2D eigenvalue weighted by atomic mass is 9.77. The van der Waals surface area contributed by atoms with E-state index in [0.29, 0.717) is 12.0 Å². The summed E-state index contributed by atoms with van der Waals surface area (Å²) in [7, 11) is 0. The Morgan fingerprint density at radius 1 is 1.16 bits per heavy atom. The average molecular weight is 266 g/mol. The molecule has 0 aromatic heterocycles. The van der Waals surface area contributed by atoms with E-state index in [2.05, 4.69) is 31.4 Å². The van der Waals surface area contributed by atoms with Crippen molar-refractivity contribution < 1.29 is 4.79 Å². The van der Waals surface area contributed by atoms with Crippen LogP contribution in [0.15, 0.2) is 0 Å². The molecule has 3 nitrogen and oxygen atoms in total. The Kier molecular flexibility index (Phi) is 4.88. The van der Waals surface area contributed by atoms with Crippen molar-refractivity contribution in [3.8, 4) is 0 Å². The Morgan fingerprint density at radius 2 is 1.89 bits per heavy atom. The average Bonchev–Trinajstić information content (AvgIpc) is 2.54. The van der Waals surface area contributed by atoms with Gasteiger partial charge in [-0.25, -0.2) is 0 Å². The molecular weight excluding hydrogens is 236 g/mol. The van der Waals surface area contributed by atoms with Crippen molar-refractivity contribution >= 4 is 5.91 Å². The van der Waals surface area contributed by atoms with E-state index in [1.807, 2.05) is 0 Å². The van der Waals surface area contributed by atoms with Crippen molar-refractivity contribution in [3.63, 3.8) is 0 Å². The van der Waals surface area contributed by atoms with E-state index in [4.69, 9.17) is 0 Å². The standard InChI is InChI=1S/C16H30N2O/c1-12-8-5-4-6-9-13(12)18-15(19)14-16(2,3)10-7-11-17-14/h12-14,17H,4-11H2,1-3H3,(H,18,19). The van der Waals surface area contributed by atoms with Crippen LogP contribution in [0.1, 0.15) is 65.7 Å². The van der Waals surface area contributed by atoms with Crippen LogP contribution in [0.25, 0.3) is 0 Å². The van der Waals surface area contributed by atoms with Crippen molar-refractivity contribution in [3.05, 3.63) is 0 Å². The van der Waals surface area contributed by atoms with E-state index in [-0.39, 0.29) is 17.4 Å². The van der Waals surface area contributed by atoms with Crippen LogP contribution >= 0.6 is 0 Å². The summed E-state index contributed by atoms with van der Waals surface area (Å²) < 4.78 is 0. The number of nitrogens with one attached hydrogen (secondary N) is 2. The fraction of sp³-hybridized carbons (Fsp3) is 0.938. The molecule has 1 amide bonds. The van der Waals surface area contributed by atoms with E-state index in [1.54, 1.807) is 0 Å². The van der Waals surface area contributed by atoms with Gasteiger partial charge in [0.05, 0.1) is 6.04 Å². The fourth-order valence-corrected chi connectivity index (χ4v) is 3.63. The van der Waals surface area contributed by atoms with Crippen LogP contribution in [0.5, 0.6) is 0 Å². The molecule has 2 fully saturated rings. The second-order valence-electron chi connectivity index (χ2n) is 7.21. The molecule has 0 radical (unpaired) electrons. The number of amides is 1. The van der Waals surface area contributed by atoms with Gasteiger partial charge in [0.1, 0.15) is 0 Å². The van der Waals surface area contributed by atoms with Gasteiger partial charge in [0.15, 0.2) is 0 Å². The Hall–Kier alpha value is -0.570. The topological polar surface area (TPSA) is 41.1 Å². The zero-order chi connectivity index (χ0) is 13.9. The summed E-state index contributed by atoms with van der Waals surface area (Å²) in [6.45, 7) is 7.68. The first-order chi connectivity index (χ1) is 9.00. The van der Waals surface area contributed by atoms with Crippen molar-refractivity contribution in [2.45, 2.75) is 77.8 Å². The summed E-state index contributed by atoms with van der Waals surface area (Å²) in [6.07, 6.45) is 8.63. The van der Waals surface area contributed by atoms with E-state index in [0.717, 1.165) is 19.4 Å². The molecule has 1 aliphatic heterocycles. The normalized spacial score (nSPS) is 35.4. The van der Waals surface area contributed by atoms with Gasteiger partial charge >= 0.3 is 0 Å². The monoisotopic (exact) mass is 266 g/mol. The molecule has 3 heteroatoms. The van der Waals surface area contributed by atoms with Gasteiger partial charge in [0.2, 0.25) is 5.91 Å². The first kappa shape index (κ1) is 14.8. The van der Waals surface area contributed by atoms with Crippen molar-refractivity contribution in [1.82, 2.24) is 10.6 Å². The zero-order valence-electron chi connectivity index (χ0n) is 12.8.